The summed E-state index contributed by atoms with van der Waals surface area (Å²) in [5.74, 6) is 0.509. The highest BCUT2D eigenvalue weighted by atomic mass is 16.5. The molecule has 2 unspecified atom stereocenters. The molecule has 0 aromatic heterocycles. The number of carbonyl (C=O) groups excluding carboxylic acids is 2. The highest BCUT2D eigenvalue weighted by molar-refractivity contribution is 5.85. The van der Waals surface area contributed by atoms with Gasteiger partial charge in [0.15, 0.2) is 0 Å². The van der Waals surface area contributed by atoms with Crippen LogP contribution in [-0.4, -0.2) is 42.9 Å². The molecule has 1 fully saturated rings. The zero-order valence-electron chi connectivity index (χ0n) is 11.1. The molecular formula is C13H23NO3. The fourth-order valence-electron chi connectivity index (χ4n) is 2.09. The van der Waals surface area contributed by atoms with Crippen molar-refractivity contribution >= 4 is 11.7 Å². The Labute approximate surface area is 103 Å². The summed E-state index contributed by atoms with van der Waals surface area (Å²) in [5.41, 5.74) is 0. The zero-order valence-corrected chi connectivity index (χ0v) is 11.1. The van der Waals surface area contributed by atoms with Gasteiger partial charge in [0.25, 0.3) is 0 Å². The van der Waals surface area contributed by atoms with Crippen molar-refractivity contribution in [2.45, 2.75) is 45.6 Å². The Morgan fingerprint density at radius 3 is 2.88 bits per heavy atom. The summed E-state index contributed by atoms with van der Waals surface area (Å²) in [6, 6.07) is 0. The van der Waals surface area contributed by atoms with E-state index in [4.69, 9.17) is 4.74 Å². The molecule has 0 spiro atoms. The van der Waals surface area contributed by atoms with Crippen LogP contribution < -0.4 is 0 Å². The molecule has 98 valence electrons. The van der Waals surface area contributed by atoms with Gasteiger partial charge in [-0.25, -0.2) is 0 Å². The standard InChI is InChI=1S/C13H23NO3/c1-4-11-9-14(8-7-12(11)15)13(16)6-5-10(2)17-3/h10-11H,4-9H2,1-3H3. The summed E-state index contributed by atoms with van der Waals surface area (Å²) in [6.45, 7) is 5.16. The second kappa shape index (κ2) is 6.74. The lowest BCUT2D eigenvalue weighted by Gasteiger charge is -2.31. The number of nitrogens with zero attached hydrogens (tertiary/aromatic N) is 1. The van der Waals surface area contributed by atoms with E-state index in [0.29, 0.717) is 31.7 Å². The largest absolute Gasteiger partial charge is 0.382 e. The van der Waals surface area contributed by atoms with Gasteiger partial charge in [0, 0.05) is 39.0 Å². The number of carbonyl (C=O) groups is 2. The lowest BCUT2D eigenvalue weighted by molar-refractivity contribution is -0.137. The van der Waals surface area contributed by atoms with Crippen molar-refractivity contribution < 1.29 is 14.3 Å². The molecule has 1 heterocycles. The quantitative estimate of drug-likeness (QED) is 0.735. The smallest absolute Gasteiger partial charge is 0.222 e. The van der Waals surface area contributed by atoms with Gasteiger partial charge >= 0.3 is 0 Å². The minimum atomic E-state index is 0.0487. The van der Waals surface area contributed by atoms with Crippen LogP contribution >= 0.6 is 0 Å². The summed E-state index contributed by atoms with van der Waals surface area (Å²) in [6.07, 6.45) is 2.73. The van der Waals surface area contributed by atoms with E-state index in [1.54, 1.807) is 7.11 Å². The number of methoxy groups -OCH3 is 1. The molecule has 0 N–H and O–H groups in total. The SMILES string of the molecule is CCC1CN(C(=O)CCC(C)OC)CCC1=O. The van der Waals surface area contributed by atoms with E-state index >= 15 is 0 Å². The van der Waals surface area contributed by atoms with Crippen molar-refractivity contribution in [1.29, 1.82) is 0 Å². The molecule has 4 heteroatoms. The maximum atomic E-state index is 11.9. The summed E-state index contributed by atoms with van der Waals surface area (Å²) in [7, 11) is 1.65. The molecule has 0 aromatic carbocycles. The molecule has 1 rings (SSSR count). The Kier molecular flexibility index (Phi) is 5.62. The molecule has 0 aromatic rings. The lowest BCUT2D eigenvalue weighted by atomic mass is 9.94. The average molecular weight is 241 g/mol. The van der Waals surface area contributed by atoms with Crippen molar-refractivity contribution in [1.82, 2.24) is 4.90 Å². The van der Waals surface area contributed by atoms with Crippen molar-refractivity contribution in [3.05, 3.63) is 0 Å². The van der Waals surface area contributed by atoms with E-state index < -0.39 is 0 Å². The van der Waals surface area contributed by atoms with Gasteiger partial charge in [-0.05, 0) is 19.8 Å². The van der Waals surface area contributed by atoms with Gasteiger partial charge in [0.2, 0.25) is 5.91 Å². The van der Waals surface area contributed by atoms with E-state index in [1.165, 1.54) is 0 Å². The topological polar surface area (TPSA) is 46.6 Å². The third-order valence-electron chi connectivity index (χ3n) is 3.54. The molecule has 17 heavy (non-hydrogen) atoms. The average Bonchev–Trinajstić information content (AvgIpc) is 2.35. The first-order valence-corrected chi connectivity index (χ1v) is 6.41. The number of ether oxygens (including phenoxy) is 1. The van der Waals surface area contributed by atoms with Crippen LogP contribution in [0.4, 0.5) is 0 Å². The van der Waals surface area contributed by atoms with Crippen LogP contribution in [0.2, 0.25) is 0 Å². The van der Waals surface area contributed by atoms with Gasteiger partial charge in [-0.15, -0.1) is 0 Å². The van der Waals surface area contributed by atoms with Gasteiger partial charge in [-0.2, -0.15) is 0 Å². The third-order valence-corrected chi connectivity index (χ3v) is 3.54. The molecule has 1 aliphatic rings. The first kappa shape index (κ1) is 14.2. The van der Waals surface area contributed by atoms with Crippen molar-refractivity contribution in [3.8, 4) is 0 Å². The molecule has 4 nitrogen and oxygen atoms in total. The number of ketones is 1. The van der Waals surface area contributed by atoms with Crippen LogP contribution in [0.1, 0.15) is 39.5 Å². The highest BCUT2D eigenvalue weighted by Gasteiger charge is 2.28. The number of rotatable bonds is 5. The molecule has 1 aliphatic heterocycles. The molecule has 1 saturated heterocycles. The first-order chi connectivity index (χ1) is 8.08. The molecule has 0 saturated carbocycles. The summed E-state index contributed by atoms with van der Waals surface area (Å²) in [5, 5.41) is 0. The van der Waals surface area contributed by atoms with Crippen molar-refractivity contribution in [2.75, 3.05) is 20.2 Å². The van der Waals surface area contributed by atoms with Crippen LogP contribution in [0.15, 0.2) is 0 Å². The predicted molar refractivity (Wildman–Crippen MR) is 65.7 cm³/mol. The summed E-state index contributed by atoms with van der Waals surface area (Å²) < 4.78 is 5.12. The maximum absolute atomic E-state index is 11.9. The molecule has 0 radical (unpaired) electrons. The highest BCUT2D eigenvalue weighted by Crippen LogP contribution is 2.17. The van der Waals surface area contributed by atoms with Gasteiger partial charge < -0.3 is 9.64 Å². The van der Waals surface area contributed by atoms with Crippen LogP contribution in [0.3, 0.4) is 0 Å². The first-order valence-electron chi connectivity index (χ1n) is 6.41. The van der Waals surface area contributed by atoms with E-state index in [-0.39, 0.29) is 17.9 Å². The fraction of sp³-hybridized carbons (Fsp3) is 0.846. The molecule has 0 aliphatic carbocycles. The zero-order chi connectivity index (χ0) is 12.8. The number of amides is 1. The molecule has 2 atom stereocenters. The molecule has 0 bridgehead atoms. The van der Waals surface area contributed by atoms with E-state index in [2.05, 4.69) is 0 Å². The van der Waals surface area contributed by atoms with Crippen LogP contribution in [0, 0.1) is 5.92 Å². The summed E-state index contributed by atoms with van der Waals surface area (Å²) >= 11 is 0. The Bertz CT molecular complexity index is 278. The Morgan fingerprint density at radius 2 is 2.29 bits per heavy atom. The molecular weight excluding hydrogens is 218 g/mol. The summed E-state index contributed by atoms with van der Waals surface area (Å²) in [4.78, 5) is 25.3. The number of Topliss-reactive ketones (excluding diaryl/α,β-unsaturated/α-hetero) is 1. The van der Waals surface area contributed by atoms with Gasteiger partial charge in [-0.3, -0.25) is 9.59 Å². The number of likely N-dealkylation sites (tertiary alicyclic amines) is 1. The monoisotopic (exact) mass is 241 g/mol. The minimum absolute atomic E-state index is 0.0487. The number of hydrogen-bond donors (Lipinski definition) is 0. The van der Waals surface area contributed by atoms with Gasteiger partial charge in [0.05, 0.1) is 6.10 Å². The number of hydrogen-bond acceptors (Lipinski definition) is 3. The second-order valence-electron chi connectivity index (χ2n) is 4.75. The van der Waals surface area contributed by atoms with E-state index in [9.17, 15) is 9.59 Å². The number of piperidine rings is 1. The van der Waals surface area contributed by atoms with Crippen molar-refractivity contribution in [2.24, 2.45) is 5.92 Å². The Morgan fingerprint density at radius 1 is 1.59 bits per heavy atom. The lowest BCUT2D eigenvalue weighted by Crippen LogP contribution is -2.44. The van der Waals surface area contributed by atoms with E-state index in [0.717, 1.165) is 12.8 Å². The fourth-order valence-corrected chi connectivity index (χ4v) is 2.09. The van der Waals surface area contributed by atoms with Crippen LogP contribution in [-0.2, 0) is 14.3 Å². The van der Waals surface area contributed by atoms with E-state index in [1.807, 2.05) is 18.7 Å². The Balaban J connectivity index is 2.39. The molecule has 1 amide bonds. The van der Waals surface area contributed by atoms with Gasteiger partial charge in [-0.1, -0.05) is 6.92 Å². The predicted octanol–water partition coefficient (Wildman–Crippen LogP) is 1.63. The normalized spacial score (nSPS) is 22.6. The third kappa shape index (κ3) is 4.11. The van der Waals surface area contributed by atoms with Crippen molar-refractivity contribution in [3.63, 3.8) is 0 Å². The second-order valence-corrected chi connectivity index (χ2v) is 4.75. The minimum Gasteiger partial charge on any atom is -0.382 e. The van der Waals surface area contributed by atoms with Gasteiger partial charge in [0.1, 0.15) is 5.78 Å². The Hall–Kier alpha value is -0.900. The maximum Gasteiger partial charge on any atom is 0.222 e. The van der Waals surface area contributed by atoms with Crippen LogP contribution in [0.25, 0.3) is 0 Å². The van der Waals surface area contributed by atoms with Crippen LogP contribution in [0.5, 0.6) is 0 Å².